The minimum atomic E-state index is 0.676. The Morgan fingerprint density at radius 1 is 1.09 bits per heavy atom. The second-order valence-electron chi connectivity index (χ2n) is 7.90. The molecule has 9 nitrogen and oxygen atoms in total. The topological polar surface area (TPSA) is 92.6 Å². The Labute approximate surface area is 190 Å². The number of rotatable bonds is 5. The molecule has 166 valence electrons. The summed E-state index contributed by atoms with van der Waals surface area (Å²) in [5, 5.41) is 11.6. The van der Waals surface area contributed by atoms with Gasteiger partial charge in [-0.1, -0.05) is 6.07 Å². The van der Waals surface area contributed by atoms with Crippen LogP contribution in [0.4, 0.5) is 17.3 Å². The van der Waals surface area contributed by atoms with Crippen molar-refractivity contribution in [3.05, 3.63) is 61.1 Å². The molecule has 9 heteroatoms. The molecule has 0 atom stereocenters. The Morgan fingerprint density at radius 2 is 2.00 bits per heavy atom. The molecule has 5 aromatic rings. The number of imidazole rings is 1. The van der Waals surface area contributed by atoms with Crippen LogP contribution in [0, 0.1) is 0 Å². The molecule has 2 aromatic carbocycles. The normalized spacial score (nSPS) is 14.2. The van der Waals surface area contributed by atoms with Crippen molar-refractivity contribution in [1.29, 1.82) is 0 Å². The molecule has 1 saturated heterocycles. The third-order valence-corrected chi connectivity index (χ3v) is 5.92. The fraction of sp³-hybridized carbons (Fsp3) is 0.208. The highest BCUT2D eigenvalue weighted by atomic mass is 16.5. The number of fused-ring (bicyclic) bond motifs is 2. The molecule has 0 unspecified atom stereocenters. The van der Waals surface area contributed by atoms with Crippen LogP contribution in [0.25, 0.3) is 27.8 Å². The minimum Gasteiger partial charge on any atom is -0.495 e. The number of morpholine rings is 1. The maximum Gasteiger partial charge on any atom is 0.213 e. The SMILES string of the molecule is COc1cc(-c2cc3nccn3c(Nc3ccc4cn[nH]c4c3)n2)ccc1N1CCOCC1. The van der Waals surface area contributed by atoms with Gasteiger partial charge >= 0.3 is 0 Å². The molecule has 0 bridgehead atoms. The zero-order valence-electron chi connectivity index (χ0n) is 18.2. The van der Waals surface area contributed by atoms with Crippen LogP contribution >= 0.6 is 0 Å². The first kappa shape index (κ1) is 19.6. The van der Waals surface area contributed by atoms with Crippen LogP contribution in [0.3, 0.4) is 0 Å². The Morgan fingerprint density at radius 3 is 2.88 bits per heavy atom. The molecule has 4 heterocycles. The highest BCUT2D eigenvalue weighted by Crippen LogP contribution is 2.34. The van der Waals surface area contributed by atoms with Crippen LogP contribution in [0.1, 0.15) is 0 Å². The molecule has 0 aliphatic carbocycles. The van der Waals surface area contributed by atoms with Gasteiger partial charge in [0.1, 0.15) is 11.4 Å². The average Bonchev–Trinajstić information content (AvgIpc) is 3.53. The number of ether oxygens (including phenoxy) is 2. The average molecular weight is 441 g/mol. The smallest absolute Gasteiger partial charge is 0.213 e. The van der Waals surface area contributed by atoms with Gasteiger partial charge in [-0.25, -0.2) is 9.97 Å². The van der Waals surface area contributed by atoms with Crippen LogP contribution in [0.15, 0.2) is 61.1 Å². The number of aromatic nitrogens is 5. The van der Waals surface area contributed by atoms with Gasteiger partial charge in [0.25, 0.3) is 0 Å². The lowest BCUT2D eigenvalue weighted by molar-refractivity contribution is 0.122. The third-order valence-electron chi connectivity index (χ3n) is 5.92. The third kappa shape index (κ3) is 3.62. The molecule has 1 aliphatic rings. The first-order valence-corrected chi connectivity index (χ1v) is 10.8. The van der Waals surface area contributed by atoms with Crippen molar-refractivity contribution in [3.63, 3.8) is 0 Å². The Bertz CT molecular complexity index is 1440. The lowest BCUT2D eigenvalue weighted by Crippen LogP contribution is -2.36. The Balaban J connectivity index is 1.39. The molecule has 3 aromatic heterocycles. The van der Waals surface area contributed by atoms with Gasteiger partial charge in [-0.3, -0.25) is 9.50 Å². The summed E-state index contributed by atoms with van der Waals surface area (Å²) < 4.78 is 13.2. The van der Waals surface area contributed by atoms with Crippen LogP contribution in [-0.2, 0) is 4.74 Å². The Kier molecular flexibility index (Phi) is 4.80. The maximum absolute atomic E-state index is 5.74. The van der Waals surface area contributed by atoms with Gasteiger partial charge in [0.2, 0.25) is 5.95 Å². The fourth-order valence-electron chi connectivity index (χ4n) is 4.21. The van der Waals surface area contributed by atoms with Crippen LogP contribution in [-0.4, -0.2) is 58.0 Å². The highest BCUT2D eigenvalue weighted by molar-refractivity contribution is 5.82. The van der Waals surface area contributed by atoms with Gasteiger partial charge in [0.15, 0.2) is 0 Å². The van der Waals surface area contributed by atoms with Gasteiger partial charge in [0, 0.05) is 48.2 Å². The van der Waals surface area contributed by atoms with Crippen molar-refractivity contribution in [2.45, 2.75) is 0 Å². The standard InChI is InChI=1S/C24H23N7O2/c1-32-22-12-16(3-5-21(22)30-8-10-33-11-9-30)19-14-23-25-6-7-31(23)24(28-19)27-18-4-2-17-15-26-29-20(17)13-18/h2-7,12-15H,8-11H2,1H3,(H,26,29)(H,27,28). The number of H-pyrrole nitrogens is 1. The summed E-state index contributed by atoms with van der Waals surface area (Å²) >= 11 is 0. The summed E-state index contributed by atoms with van der Waals surface area (Å²) in [4.78, 5) is 11.7. The van der Waals surface area contributed by atoms with Gasteiger partial charge in [-0.15, -0.1) is 0 Å². The lowest BCUT2D eigenvalue weighted by atomic mass is 10.1. The van der Waals surface area contributed by atoms with Crippen molar-refractivity contribution in [2.75, 3.05) is 43.6 Å². The van der Waals surface area contributed by atoms with Crippen molar-refractivity contribution in [2.24, 2.45) is 0 Å². The largest absolute Gasteiger partial charge is 0.495 e. The number of methoxy groups -OCH3 is 1. The molecule has 1 aliphatic heterocycles. The van der Waals surface area contributed by atoms with Crippen molar-refractivity contribution in [3.8, 4) is 17.0 Å². The zero-order chi connectivity index (χ0) is 22.2. The van der Waals surface area contributed by atoms with E-state index in [9.17, 15) is 0 Å². The number of benzene rings is 2. The summed E-state index contributed by atoms with van der Waals surface area (Å²) in [6.45, 7) is 3.15. The van der Waals surface area contributed by atoms with Crippen molar-refractivity contribution >= 4 is 33.9 Å². The number of aromatic amines is 1. The van der Waals surface area contributed by atoms with Crippen molar-refractivity contribution < 1.29 is 9.47 Å². The molecule has 6 rings (SSSR count). The summed E-state index contributed by atoms with van der Waals surface area (Å²) in [6.07, 6.45) is 5.47. The molecule has 0 amide bonds. The molecule has 0 saturated carbocycles. The maximum atomic E-state index is 5.74. The molecular weight excluding hydrogens is 418 g/mol. The van der Waals surface area contributed by atoms with E-state index in [1.54, 1.807) is 19.5 Å². The van der Waals surface area contributed by atoms with Gasteiger partial charge in [0.05, 0.1) is 43.4 Å². The van der Waals surface area contributed by atoms with Crippen molar-refractivity contribution in [1.82, 2.24) is 24.6 Å². The number of anilines is 3. The number of hydrogen-bond acceptors (Lipinski definition) is 7. The first-order chi connectivity index (χ1) is 16.3. The first-order valence-electron chi connectivity index (χ1n) is 10.8. The van der Waals surface area contributed by atoms with Gasteiger partial charge in [-0.2, -0.15) is 5.10 Å². The molecular formula is C24H23N7O2. The molecule has 0 radical (unpaired) electrons. The molecule has 0 spiro atoms. The van der Waals surface area contributed by atoms with E-state index in [-0.39, 0.29) is 0 Å². The number of hydrogen-bond donors (Lipinski definition) is 2. The van der Waals surface area contributed by atoms with E-state index >= 15 is 0 Å². The lowest BCUT2D eigenvalue weighted by Gasteiger charge is -2.30. The Hall–Kier alpha value is -4.11. The second-order valence-corrected chi connectivity index (χ2v) is 7.90. The zero-order valence-corrected chi connectivity index (χ0v) is 18.2. The molecule has 2 N–H and O–H groups in total. The van der Waals surface area contributed by atoms with E-state index in [2.05, 4.69) is 37.5 Å². The highest BCUT2D eigenvalue weighted by Gasteiger charge is 2.17. The summed E-state index contributed by atoms with van der Waals surface area (Å²) in [7, 11) is 1.70. The summed E-state index contributed by atoms with van der Waals surface area (Å²) in [6, 6.07) is 14.2. The predicted octanol–water partition coefficient (Wildman–Crippen LogP) is 3.86. The van der Waals surface area contributed by atoms with E-state index in [0.717, 1.165) is 71.2 Å². The molecule has 33 heavy (non-hydrogen) atoms. The van der Waals surface area contributed by atoms with E-state index < -0.39 is 0 Å². The van der Waals surface area contributed by atoms with E-state index in [1.165, 1.54) is 0 Å². The quantitative estimate of drug-likeness (QED) is 0.428. The van der Waals surface area contributed by atoms with Crippen LogP contribution in [0.2, 0.25) is 0 Å². The summed E-state index contributed by atoms with van der Waals surface area (Å²) in [5.41, 5.74) is 5.51. The van der Waals surface area contributed by atoms with E-state index in [4.69, 9.17) is 14.5 Å². The summed E-state index contributed by atoms with van der Waals surface area (Å²) in [5.74, 6) is 1.49. The predicted molar refractivity (Wildman–Crippen MR) is 127 cm³/mol. The van der Waals surface area contributed by atoms with Crippen LogP contribution in [0.5, 0.6) is 5.75 Å². The number of nitrogens with one attached hydrogen (secondary N) is 2. The monoisotopic (exact) mass is 441 g/mol. The van der Waals surface area contributed by atoms with E-state index in [0.29, 0.717) is 5.95 Å². The van der Waals surface area contributed by atoms with Gasteiger partial charge in [-0.05, 0) is 30.3 Å². The van der Waals surface area contributed by atoms with Gasteiger partial charge < -0.3 is 19.7 Å². The fourth-order valence-corrected chi connectivity index (χ4v) is 4.21. The minimum absolute atomic E-state index is 0.676. The molecule has 1 fully saturated rings. The van der Waals surface area contributed by atoms with Crippen LogP contribution < -0.4 is 15.0 Å². The second kappa shape index (κ2) is 8.10. The number of nitrogens with zero attached hydrogens (tertiary/aromatic N) is 5. The van der Waals surface area contributed by atoms with E-state index in [1.807, 2.05) is 40.9 Å².